The number of anilines is 1. The quantitative estimate of drug-likeness (QED) is 0.796. The maximum Gasteiger partial charge on any atom is 0.258 e. The third-order valence-electron chi connectivity index (χ3n) is 5.36. The van der Waals surface area contributed by atoms with Crippen molar-refractivity contribution in [2.24, 2.45) is 0 Å². The first kappa shape index (κ1) is 18.8. The van der Waals surface area contributed by atoms with Crippen LogP contribution in [0, 0.1) is 0 Å². The van der Waals surface area contributed by atoms with Gasteiger partial charge in [0.2, 0.25) is 10.0 Å². The summed E-state index contributed by atoms with van der Waals surface area (Å²) in [5.41, 5.74) is 1.56. The zero-order chi connectivity index (χ0) is 19.7. The van der Waals surface area contributed by atoms with Crippen LogP contribution in [0.1, 0.15) is 46.4 Å². The molecule has 1 amide bonds. The van der Waals surface area contributed by atoms with Gasteiger partial charge in [0.25, 0.3) is 5.91 Å². The number of carbonyl (C=O) groups excluding carboxylic acids is 2. The molecule has 0 aliphatic carbocycles. The van der Waals surface area contributed by atoms with Gasteiger partial charge in [0.15, 0.2) is 5.78 Å². The van der Waals surface area contributed by atoms with E-state index in [9.17, 15) is 18.0 Å². The largest absolute Gasteiger partial charge is 0.307 e. The molecule has 7 heteroatoms. The SMILES string of the molecule is O=C1CCN(C(=O)c2ccc(S(=O)(=O)N3CCCCC3)cc2)c2ccccc21. The Hall–Kier alpha value is -2.51. The second-order valence-corrected chi connectivity index (χ2v) is 9.07. The number of para-hydroxylation sites is 1. The molecule has 0 spiro atoms. The van der Waals surface area contributed by atoms with E-state index in [0.717, 1.165) is 19.3 Å². The second kappa shape index (κ2) is 7.48. The molecule has 2 aromatic carbocycles. The number of Topliss-reactive ketones (excluding diaryl/α,β-unsaturated/α-hetero) is 1. The number of benzene rings is 2. The zero-order valence-electron chi connectivity index (χ0n) is 15.5. The molecule has 0 radical (unpaired) electrons. The van der Waals surface area contributed by atoms with Crippen molar-refractivity contribution in [1.29, 1.82) is 0 Å². The number of rotatable bonds is 3. The summed E-state index contributed by atoms with van der Waals surface area (Å²) in [7, 11) is -3.52. The number of nitrogens with zero attached hydrogens (tertiary/aromatic N) is 2. The minimum absolute atomic E-state index is 0.0302. The molecule has 2 aromatic rings. The van der Waals surface area contributed by atoms with E-state index in [2.05, 4.69) is 0 Å². The van der Waals surface area contributed by atoms with E-state index in [1.807, 2.05) is 0 Å². The lowest BCUT2D eigenvalue weighted by molar-refractivity contribution is 0.0955. The molecule has 146 valence electrons. The number of fused-ring (bicyclic) bond motifs is 1. The van der Waals surface area contributed by atoms with Crippen molar-refractivity contribution in [2.45, 2.75) is 30.6 Å². The van der Waals surface area contributed by atoms with Gasteiger partial charge in [0.1, 0.15) is 0 Å². The van der Waals surface area contributed by atoms with E-state index >= 15 is 0 Å². The van der Waals surface area contributed by atoms with E-state index in [1.165, 1.54) is 16.4 Å². The van der Waals surface area contributed by atoms with E-state index < -0.39 is 10.0 Å². The molecule has 4 rings (SSSR count). The van der Waals surface area contributed by atoms with Gasteiger partial charge < -0.3 is 4.90 Å². The Balaban J connectivity index is 1.59. The Kier molecular flexibility index (Phi) is 5.03. The van der Waals surface area contributed by atoms with Crippen LogP contribution in [0.5, 0.6) is 0 Å². The third-order valence-corrected chi connectivity index (χ3v) is 7.27. The van der Waals surface area contributed by atoms with Gasteiger partial charge in [-0.3, -0.25) is 9.59 Å². The monoisotopic (exact) mass is 398 g/mol. The lowest BCUT2D eigenvalue weighted by atomic mass is 9.99. The zero-order valence-corrected chi connectivity index (χ0v) is 16.3. The fraction of sp³-hybridized carbons (Fsp3) is 0.333. The Morgan fingerprint density at radius 3 is 2.25 bits per heavy atom. The Labute approximate surface area is 164 Å². The minimum atomic E-state index is -3.52. The van der Waals surface area contributed by atoms with Gasteiger partial charge in [0.05, 0.1) is 10.6 Å². The van der Waals surface area contributed by atoms with Crippen LogP contribution in [-0.4, -0.2) is 44.0 Å². The van der Waals surface area contributed by atoms with Crippen molar-refractivity contribution in [3.8, 4) is 0 Å². The van der Waals surface area contributed by atoms with Crippen LogP contribution in [0.25, 0.3) is 0 Å². The summed E-state index contributed by atoms with van der Waals surface area (Å²) in [5, 5.41) is 0. The molecule has 2 aliphatic heterocycles. The molecule has 2 aliphatic rings. The topological polar surface area (TPSA) is 74.8 Å². The Morgan fingerprint density at radius 2 is 1.54 bits per heavy atom. The molecule has 0 saturated carbocycles. The van der Waals surface area contributed by atoms with Gasteiger partial charge in [-0.05, 0) is 49.2 Å². The molecule has 28 heavy (non-hydrogen) atoms. The number of sulfonamides is 1. The first-order valence-corrected chi connectivity index (χ1v) is 11.0. The number of carbonyl (C=O) groups is 2. The molecular formula is C21H22N2O4S. The highest BCUT2D eigenvalue weighted by Crippen LogP contribution is 2.28. The molecule has 0 unspecified atom stereocenters. The summed E-state index contributed by atoms with van der Waals surface area (Å²) in [6, 6.07) is 13.2. The van der Waals surface area contributed by atoms with Gasteiger partial charge >= 0.3 is 0 Å². The molecule has 2 heterocycles. The molecular weight excluding hydrogens is 376 g/mol. The summed E-state index contributed by atoms with van der Waals surface area (Å²) in [6.45, 7) is 1.41. The number of hydrogen-bond donors (Lipinski definition) is 0. The van der Waals surface area contributed by atoms with Crippen molar-refractivity contribution in [1.82, 2.24) is 4.31 Å². The number of hydrogen-bond acceptors (Lipinski definition) is 4. The first-order valence-electron chi connectivity index (χ1n) is 9.53. The molecule has 1 fully saturated rings. The number of piperidine rings is 1. The Morgan fingerprint density at radius 1 is 0.857 bits per heavy atom. The van der Waals surface area contributed by atoms with Gasteiger partial charge in [-0.15, -0.1) is 0 Å². The van der Waals surface area contributed by atoms with E-state index in [-0.39, 0.29) is 23.0 Å². The molecule has 0 N–H and O–H groups in total. The van der Waals surface area contributed by atoms with Crippen molar-refractivity contribution in [3.63, 3.8) is 0 Å². The fourth-order valence-corrected chi connectivity index (χ4v) is 5.32. The molecule has 0 atom stereocenters. The maximum atomic E-state index is 13.0. The standard InChI is InChI=1S/C21H22N2O4S/c24-20-12-15-23(19-7-3-2-6-18(19)20)21(25)16-8-10-17(11-9-16)28(26,27)22-13-4-1-5-14-22/h2-3,6-11H,1,4-5,12-15H2. The van der Waals surface area contributed by atoms with Gasteiger partial charge in [-0.1, -0.05) is 18.6 Å². The van der Waals surface area contributed by atoms with Crippen LogP contribution in [0.4, 0.5) is 5.69 Å². The number of amides is 1. The van der Waals surface area contributed by atoms with Crippen molar-refractivity contribution in [3.05, 3.63) is 59.7 Å². The van der Waals surface area contributed by atoms with Crippen molar-refractivity contribution >= 4 is 27.4 Å². The smallest absolute Gasteiger partial charge is 0.258 e. The summed E-state index contributed by atoms with van der Waals surface area (Å²) >= 11 is 0. The summed E-state index contributed by atoms with van der Waals surface area (Å²) < 4.78 is 27.0. The molecule has 0 bridgehead atoms. The summed E-state index contributed by atoms with van der Waals surface area (Å²) in [5.74, 6) is -0.204. The van der Waals surface area contributed by atoms with Crippen molar-refractivity contribution in [2.75, 3.05) is 24.5 Å². The van der Waals surface area contributed by atoms with E-state index in [4.69, 9.17) is 0 Å². The predicted molar refractivity (Wildman–Crippen MR) is 106 cm³/mol. The Bertz CT molecular complexity index is 1010. The number of ketones is 1. The highest BCUT2D eigenvalue weighted by Gasteiger charge is 2.29. The lowest BCUT2D eigenvalue weighted by Crippen LogP contribution is -2.37. The predicted octanol–water partition coefficient (Wildman–Crippen LogP) is 3.09. The fourth-order valence-electron chi connectivity index (χ4n) is 3.80. The molecule has 6 nitrogen and oxygen atoms in total. The summed E-state index contributed by atoms with van der Waals surface area (Å²) in [4.78, 5) is 26.9. The van der Waals surface area contributed by atoms with Crippen molar-refractivity contribution < 1.29 is 18.0 Å². The van der Waals surface area contributed by atoms with Gasteiger partial charge in [0, 0.05) is 37.2 Å². The maximum absolute atomic E-state index is 13.0. The highest BCUT2D eigenvalue weighted by atomic mass is 32.2. The van der Waals surface area contributed by atoms with Gasteiger partial charge in [-0.25, -0.2) is 8.42 Å². The second-order valence-electron chi connectivity index (χ2n) is 7.14. The first-order chi connectivity index (χ1) is 13.5. The average molecular weight is 398 g/mol. The van der Waals surface area contributed by atoms with E-state index in [0.29, 0.717) is 36.4 Å². The summed E-state index contributed by atoms with van der Waals surface area (Å²) in [6.07, 6.45) is 3.09. The highest BCUT2D eigenvalue weighted by molar-refractivity contribution is 7.89. The van der Waals surface area contributed by atoms with Crippen LogP contribution >= 0.6 is 0 Å². The van der Waals surface area contributed by atoms with Crippen LogP contribution in [-0.2, 0) is 10.0 Å². The average Bonchev–Trinajstić information content (AvgIpc) is 2.74. The van der Waals surface area contributed by atoms with Gasteiger partial charge in [-0.2, -0.15) is 4.31 Å². The molecule has 0 aromatic heterocycles. The van der Waals surface area contributed by atoms with Crippen LogP contribution in [0.3, 0.4) is 0 Å². The minimum Gasteiger partial charge on any atom is -0.307 e. The van der Waals surface area contributed by atoms with Crippen LogP contribution in [0.2, 0.25) is 0 Å². The van der Waals surface area contributed by atoms with E-state index in [1.54, 1.807) is 41.3 Å². The normalized spacial score (nSPS) is 18.0. The van der Waals surface area contributed by atoms with Crippen LogP contribution in [0.15, 0.2) is 53.4 Å². The van der Waals surface area contributed by atoms with Crippen LogP contribution < -0.4 is 4.90 Å². The molecule has 1 saturated heterocycles. The lowest BCUT2D eigenvalue weighted by Gasteiger charge is -2.29. The third kappa shape index (κ3) is 3.36.